The van der Waals surface area contributed by atoms with E-state index in [1.54, 1.807) is 18.2 Å². The van der Waals surface area contributed by atoms with Gasteiger partial charge < -0.3 is 14.2 Å². The molecule has 19 heavy (non-hydrogen) atoms. The van der Waals surface area contributed by atoms with Gasteiger partial charge in [0.25, 0.3) is 0 Å². The fourth-order valence-corrected chi connectivity index (χ4v) is 1.70. The average molecular weight is 266 g/mol. The van der Waals surface area contributed by atoms with Crippen molar-refractivity contribution >= 4 is 11.9 Å². The lowest BCUT2D eigenvalue weighted by molar-refractivity contribution is -0.144. The van der Waals surface area contributed by atoms with Crippen LogP contribution in [0.2, 0.25) is 0 Å². The highest BCUT2D eigenvalue weighted by molar-refractivity contribution is 5.81. The van der Waals surface area contributed by atoms with Crippen LogP contribution in [0.25, 0.3) is 0 Å². The summed E-state index contributed by atoms with van der Waals surface area (Å²) in [6, 6.07) is 0. The van der Waals surface area contributed by atoms with Crippen molar-refractivity contribution in [2.45, 2.75) is 31.7 Å². The first-order chi connectivity index (χ1) is 9.06. The van der Waals surface area contributed by atoms with Gasteiger partial charge in [0.15, 0.2) is 0 Å². The summed E-state index contributed by atoms with van der Waals surface area (Å²) in [6.07, 6.45) is 5.77. The van der Waals surface area contributed by atoms with Crippen LogP contribution in [0.4, 0.5) is 0 Å². The minimum atomic E-state index is -0.489. The summed E-state index contributed by atoms with van der Waals surface area (Å²) in [4.78, 5) is 21.8. The zero-order chi connectivity index (χ0) is 14.3. The predicted octanol–water partition coefficient (Wildman–Crippen LogP) is 1.55. The summed E-state index contributed by atoms with van der Waals surface area (Å²) in [5.74, 6) is -0.840. The van der Waals surface area contributed by atoms with Gasteiger partial charge in [-0.3, -0.25) is 4.79 Å². The molecule has 5 nitrogen and oxygen atoms in total. The van der Waals surface area contributed by atoms with Gasteiger partial charge in [-0.05, 0) is 6.08 Å². The summed E-state index contributed by atoms with van der Waals surface area (Å²) in [7, 11) is 0. The Labute approximate surface area is 112 Å². The molecular weight excluding hydrogens is 248 g/mol. The zero-order valence-corrected chi connectivity index (χ0v) is 10.9. The van der Waals surface area contributed by atoms with E-state index in [2.05, 4.69) is 13.2 Å². The molecule has 5 heteroatoms. The van der Waals surface area contributed by atoms with E-state index < -0.39 is 5.97 Å². The van der Waals surface area contributed by atoms with Crippen molar-refractivity contribution < 1.29 is 23.8 Å². The van der Waals surface area contributed by atoms with Crippen LogP contribution >= 0.6 is 0 Å². The van der Waals surface area contributed by atoms with Crippen molar-refractivity contribution in [2.75, 3.05) is 6.61 Å². The van der Waals surface area contributed by atoms with E-state index >= 15 is 0 Å². The first-order valence-electron chi connectivity index (χ1n) is 5.98. The number of carbonyl (C=O) groups is 2. The smallest absolute Gasteiger partial charge is 0.330 e. The summed E-state index contributed by atoms with van der Waals surface area (Å²) in [5.41, 5.74) is 0. The molecule has 0 radical (unpaired) electrons. The molecule has 0 aromatic carbocycles. The van der Waals surface area contributed by atoms with E-state index in [4.69, 9.17) is 14.2 Å². The van der Waals surface area contributed by atoms with E-state index in [1.165, 1.54) is 6.92 Å². The Morgan fingerprint density at radius 1 is 1.42 bits per heavy atom. The number of rotatable bonds is 6. The second-order valence-electron chi connectivity index (χ2n) is 4.02. The Morgan fingerprint density at radius 2 is 2.16 bits per heavy atom. The molecule has 0 saturated carbocycles. The van der Waals surface area contributed by atoms with E-state index in [0.29, 0.717) is 6.42 Å². The molecule has 3 atom stereocenters. The maximum absolute atomic E-state index is 11.2. The number of carbonyl (C=O) groups excluding carboxylic acids is 2. The van der Waals surface area contributed by atoms with Crippen LogP contribution in [0.3, 0.4) is 0 Å². The summed E-state index contributed by atoms with van der Waals surface area (Å²) in [5, 5.41) is 0. The molecule has 1 saturated heterocycles. The maximum atomic E-state index is 11.2. The van der Waals surface area contributed by atoms with E-state index in [9.17, 15) is 9.59 Å². The van der Waals surface area contributed by atoms with Gasteiger partial charge in [0, 0.05) is 19.4 Å². The van der Waals surface area contributed by atoms with Crippen molar-refractivity contribution in [3.63, 3.8) is 0 Å². The van der Waals surface area contributed by atoms with Gasteiger partial charge in [0.2, 0.25) is 0 Å². The summed E-state index contributed by atoms with van der Waals surface area (Å²) in [6.45, 7) is 8.50. The quantitative estimate of drug-likeness (QED) is 0.414. The third-order valence-corrected chi connectivity index (χ3v) is 2.57. The number of hydrogen-bond acceptors (Lipinski definition) is 5. The third-order valence-electron chi connectivity index (χ3n) is 2.57. The van der Waals surface area contributed by atoms with Crippen molar-refractivity contribution in [3.8, 4) is 0 Å². The van der Waals surface area contributed by atoms with Gasteiger partial charge in [0.1, 0.15) is 18.8 Å². The van der Waals surface area contributed by atoms with E-state index in [1.807, 2.05) is 0 Å². The van der Waals surface area contributed by atoms with Gasteiger partial charge in [-0.25, -0.2) is 4.79 Å². The minimum absolute atomic E-state index is 0.161. The van der Waals surface area contributed by atoms with Crippen LogP contribution in [-0.2, 0) is 23.8 Å². The molecule has 1 aliphatic rings. The first-order valence-corrected chi connectivity index (χ1v) is 5.98. The van der Waals surface area contributed by atoms with Crippen LogP contribution in [0.15, 0.2) is 37.5 Å². The SMILES string of the molecule is C=CC(=O)O[C@H]1C[C@@H](C=C)O[C@H]1/C=C/COC(C)=O. The van der Waals surface area contributed by atoms with Crippen LogP contribution in [-0.4, -0.2) is 36.9 Å². The predicted molar refractivity (Wildman–Crippen MR) is 69.3 cm³/mol. The molecular formula is C14H18O5. The number of hydrogen-bond donors (Lipinski definition) is 0. The molecule has 1 rings (SSSR count). The Hall–Kier alpha value is -1.88. The molecule has 0 spiro atoms. The normalized spacial score (nSPS) is 26.1. The zero-order valence-electron chi connectivity index (χ0n) is 10.9. The molecule has 0 aliphatic carbocycles. The molecule has 0 aromatic heterocycles. The van der Waals surface area contributed by atoms with E-state index in [0.717, 1.165) is 6.08 Å². The fourth-order valence-electron chi connectivity index (χ4n) is 1.70. The summed E-state index contributed by atoms with van der Waals surface area (Å²) >= 11 is 0. The molecule has 0 unspecified atom stereocenters. The van der Waals surface area contributed by atoms with Gasteiger partial charge in [-0.15, -0.1) is 6.58 Å². The lowest BCUT2D eigenvalue weighted by Crippen LogP contribution is -2.25. The van der Waals surface area contributed by atoms with Gasteiger partial charge in [-0.2, -0.15) is 0 Å². The lowest BCUT2D eigenvalue weighted by Gasteiger charge is -2.14. The standard InChI is InChI=1S/C14H18O5/c1-4-11-9-13(19-14(16)5-2)12(18-11)7-6-8-17-10(3)15/h4-7,11-13H,1-2,8-9H2,3H3/b7-6+/t11-,12+,13+/m1/s1. The average Bonchev–Trinajstić information content (AvgIpc) is 2.76. The van der Waals surface area contributed by atoms with Crippen LogP contribution < -0.4 is 0 Å². The highest BCUT2D eigenvalue weighted by Crippen LogP contribution is 2.25. The second-order valence-corrected chi connectivity index (χ2v) is 4.02. The molecule has 1 heterocycles. The van der Waals surface area contributed by atoms with Crippen LogP contribution in [0, 0.1) is 0 Å². The molecule has 1 aliphatic heterocycles. The summed E-state index contributed by atoms with van der Waals surface area (Å²) < 4.78 is 15.6. The molecule has 0 bridgehead atoms. The lowest BCUT2D eigenvalue weighted by atomic mass is 10.1. The molecule has 0 amide bonds. The molecule has 0 N–H and O–H groups in total. The minimum Gasteiger partial charge on any atom is -0.462 e. The first kappa shape index (κ1) is 15.2. The Kier molecular flexibility index (Phi) is 6.02. The van der Waals surface area contributed by atoms with Crippen molar-refractivity contribution in [1.29, 1.82) is 0 Å². The van der Waals surface area contributed by atoms with Crippen molar-refractivity contribution in [3.05, 3.63) is 37.5 Å². The Balaban J connectivity index is 2.55. The number of ether oxygens (including phenoxy) is 3. The topological polar surface area (TPSA) is 61.8 Å². The third kappa shape index (κ3) is 5.09. The molecule has 104 valence electrons. The maximum Gasteiger partial charge on any atom is 0.330 e. The van der Waals surface area contributed by atoms with Gasteiger partial charge in [0.05, 0.1) is 6.10 Å². The largest absolute Gasteiger partial charge is 0.462 e. The van der Waals surface area contributed by atoms with E-state index in [-0.39, 0.29) is 30.9 Å². The van der Waals surface area contributed by atoms with Gasteiger partial charge >= 0.3 is 11.9 Å². The monoisotopic (exact) mass is 266 g/mol. The van der Waals surface area contributed by atoms with Gasteiger partial charge in [-0.1, -0.05) is 18.7 Å². The molecule has 0 aromatic rings. The van der Waals surface area contributed by atoms with Crippen molar-refractivity contribution in [1.82, 2.24) is 0 Å². The fraction of sp³-hybridized carbons (Fsp3) is 0.429. The highest BCUT2D eigenvalue weighted by atomic mass is 16.6. The molecule has 1 fully saturated rings. The Bertz CT molecular complexity index is 385. The highest BCUT2D eigenvalue weighted by Gasteiger charge is 2.34. The van der Waals surface area contributed by atoms with Crippen LogP contribution in [0.5, 0.6) is 0 Å². The van der Waals surface area contributed by atoms with Crippen molar-refractivity contribution in [2.24, 2.45) is 0 Å². The van der Waals surface area contributed by atoms with Crippen LogP contribution in [0.1, 0.15) is 13.3 Å². The second kappa shape index (κ2) is 7.53. The Morgan fingerprint density at radius 3 is 2.74 bits per heavy atom. The number of esters is 2.